The molecule has 0 saturated heterocycles. The van der Waals surface area contributed by atoms with E-state index in [-0.39, 0.29) is 23.9 Å². The summed E-state index contributed by atoms with van der Waals surface area (Å²) in [5.74, 6) is 0.664. The van der Waals surface area contributed by atoms with E-state index in [1.807, 2.05) is 25.1 Å². The van der Waals surface area contributed by atoms with Gasteiger partial charge >= 0.3 is 0 Å². The Morgan fingerprint density at radius 3 is 2.39 bits per heavy atom. The predicted octanol–water partition coefficient (Wildman–Crippen LogP) is 3.10. The van der Waals surface area contributed by atoms with Gasteiger partial charge in [-0.25, -0.2) is 8.42 Å². The van der Waals surface area contributed by atoms with Gasteiger partial charge in [-0.1, -0.05) is 44.2 Å². The second kappa shape index (κ2) is 9.18. The summed E-state index contributed by atoms with van der Waals surface area (Å²) in [7, 11) is -3.68. The lowest BCUT2D eigenvalue weighted by Crippen LogP contribution is -2.44. The van der Waals surface area contributed by atoms with E-state index in [0.29, 0.717) is 36.8 Å². The van der Waals surface area contributed by atoms with Gasteiger partial charge in [-0.2, -0.15) is 0 Å². The number of nitrogens with one attached hydrogen (secondary N) is 1. The molecule has 1 N–H and O–H groups in total. The number of nitrogens with zero attached hydrogens (tertiary/aromatic N) is 1. The molecule has 0 aliphatic carbocycles. The molecule has 2 aromatic carbocycles. The minimum atomic E-state index is -3.68. The standard InChI is InChI=1S/C23H30N2O5S/c1-17(15-23(2,3)18-8-6-5-7-9-18)24-22(26)16-25(31(4,27)28)19-10-11-20-21(14-19)30-13-12-29-20/h5-11,14,17H,12-13,15-16H2,1-4H3,(H,24,26). The highest BCUT2D eigenvalue weighted by Gasteiger charge is 2.27. The van der Waals surface area contributed by atoms with Crippen LogP contribution in [0.2, 0.25) is 0 Å². The van der Waals surface area contributed by atoms with Gasteiger partial charge in [0.25, 0.3) is 0 Å². The molecule has 1 amide bonds. The number of hydrogen-bond donors (Lipinski definition) is 1. The van der Waals surface area contributed by atoms with E-state index in [2.05, 4.69) is 31.3 Å². The van der Waals surface area contributed by atoms with Crippen molar-refractivity contribution in [2.24, 2.45) is 0 Å². The van der Waals surface area contributed by atoms with Crippen LogP contribution in [0.1, 0.15) is 32.8 Å². The normalized spacial score (nSPS) is 14.6. The highest BCUT2D eigenvalue weighted by Crippen LogP contribution is 2.34. The molecule has 0 spiro atoms. The molecule has 1 aliphatic heterocycles. The third-order valence-corrected chi connectivity index (χ3v) is 6.42. The number of benzene rings is 2. The maximum Gasteiger partial charge on any atom is 0.240 e. The summed E-state index contributed by atoms with van der Waals surface area (Å²) in [6.07, 6.45) is 1.80. The number of carbonyl (C=O) groups is 1. The minimum absolute atomic E-state index is 0.135. The predicted molar refractivity (Wildman–Crippen MR) is 121 cm³/mol. The third-order valence-electron chi connectivity index (χ3n) is 5.28. The summed E-state index contributed by atoms with van der Waals surface area (Å²) in [6.45, 7) is 6.71. The summed E-state index contributed by atoms with van der Waals surface area (Å²) in [5.41, 5.74) is 1.41. The van der Waals surface area contributed by atoms with E-state index in [0.717, 1.165) is 10.6 Å². The Hall–Kier alpha value is -2.74. The Morgan fingerprint density at radius 2 is 1.74 bits per heavy atom. The summed E-state index contributed by atoms with van der Waals surface area (Å²) in [4.78, 5) is 12.7. The number of carbonyl (C=O) groups excluding carboxylic acids is 1. The largest absolute Gasteiger partial charge is 0.486 e. The smallest absolute Gasteiger partial charge is 0.240 e. The van der Waals surface area contributed by atoms with Crippen LogP contribution in [0, 0.1) is 0 Å². The zero-order valence-electron chi connectivity index (χ0n) is 18.4. The lowest BCUT2D eigenvalue weighted by Gasteiger charge is -2.30. The van der Waals surface area contributed by atoms with Crippen molar-refractivity contribution in [3.05, 3.63) is 54.1 Å². The maximum absolute atomic E-state index is 12.7. The number of anilines is 1. The molecule has 31 heavy (non-hydrogen) atoms. The molecule has 7 nitrogen and oxygen atoms in total. The second-order valence-corrected chi connectivity index (χ2v) is 10.4. The van der Waals surface area contributed by atoms with Crippen LogP contribution in [0.15, 0.2) is 48.5 Å². The monoisotopic (exact) mass is 446 g/mol. The molecule has 0 fully saturated rings. The molecular formula is C23H30N2O5S. The minimum Gasteiger partial charge on any atom is -0.486 e. The van der Waals surface area contributed by atoms with Crippen molar-refractivity contribution in [1.29, 1.82) is 0 Å². The van der Waals surface area contributed by atoms with Gasteiger partial charge in [-0.3, -0.25) is 9.10 Å². The molecule has 1 heterocycles. The first-order valence-corrected chi connectivity index (χ1v) is 12.1. The van der Waals surface area contributed by atoms with Crippen LogP contribution in [-0.2, 0) is 20.2 Å². The quantitative estimate of drug-likeness (QED) is 0.674. The molecule has 0 saturated carbocycles. The number of fused-ring (bicyclic) bond motifs is 1. The molecule has 8 heteroatoms. The van der Waals surface area contributed by atoms with Crippen LogP contribution in [0.25, 0.3) is 0 Å². The number of hydrogen-bond acceptors (Lipinski definition) is 5. The molecule has 0 aromatic heterocycles. The van der Waals surface area contributed by atoms with E-state index in [4.69, 9.17) is 9.47 Å². The SMILES string of the molecule is CC(CC(C)(C)c1ccccc1)NC(=O)CN(c1ccc2c(c1)OCCO2)S(C)(=O)=O. The Morgan fingerprint density at radius 1 is 1.10 bits per heavy atom. The fourth-order valence-electron chi connectivity index (χ4n) is 3.86. The first kappa shape index (κ1) is 22.9. The number of amides is 1. The molecular weight excluding hydrogens is 416 g/mol. The average molecular weight is 447 g/mol. The number of rotatable bonds is 8. The van der Waals surface area contributed by atoms with E-state index in [1.54, 1.807) is 18.2 Å². The molecule has 3 rings (SSSR count). The second-order valence-electron chi connectivity index (χ2n) is 8.52. The van der Waals surface area contributed by atoms with Crippen LogP contribution in [0.4, 0.5) is 5.69 Å². The number of ether oxygens (including phenoxy) is 2. The topological polar surface area (TPSA) is 84.9 Å². The van der Waals surface area contributed by atoms with Crippen LogP contribution in [0.5, 0.6) is 11.5 Å². The first-order chi connectivity index (χ1) is 14.6. The summed E-state index contributed by atoms with van der Waals surface area (Å²) >= 11 is 0. The van der Waals surface area contributed by atoms with Crippen molar-refractivity contribution < 1.29 is 22.7 Å². The van der Waals surface area contributed by atoms with Gasteiger partial charge in [0.2, 0.25) is 15.9 Å². The molecule has 2 aromatic rings. The zero-order chi connectivity index (χ0) is 22.6. The van der Waals surface area contributed by atoms with Crippen LogP contribution >= 0.6 is 0 Å². The first-order valence-electron chi connectivity index (χ1n) is 10.3. The van der Waals surface area contributed by atoms with Crippen molar-refractivity contribution in [2.45, 2.75) is 38.6 Å². The van der Waals surface area contributed by atoms with Gasteiger partial charge in [0, 0.05) is 12.1 Å². The van der Waals surface area contributed by atoms with Crippen LogP contribution < -0.4 is 19.1 Å². The Kier molecular flexibility index (Phi) is 6.79. The molecule has 1 atom stereocenters. The third kappa shape index (κ3) is 5.91. The Balaban J connectivity index is 1.69. The van der Waals surface area contributed by atoms with Crippen molar-refractivity contribution >= 4 is 21.6 Å². The van der Waals surface area contributed by atoms with E-state index < -0.39 is 10.0 Å². The van der Waals surface area contributed by atoms with Crippen molar-refractivity contribution in [3.8, 4) is 11.5 Å². The average Bonchev–Trinajstić information content (AvgIpc) is 2.71. The van der Waals surface area contributed by atoms with E-state index in [9.17, 15) is 13.2 Å². The molecule has 1 unspecified atom stereocenters. The summed E-state index contributed by atoms with van der Waals surface area (Å²) in [5, 5.41) is 2.94. The van der Waals surface area contributed by atoms with Gasteiger partial charge in [-0.15, -0.1) is 0 Å². The molecule has 0 radical (unpaired) electrons. The van der Waals surface area contributed by atoms with Gasteiger partial charge in [-0.05, 0) is 36.5 Å². The summed E-state index contributed by atoms with van der Waals surface area (Å²) in [6, 6.07) is 14.8. The highest BCUT2D eigenvalue weighted by molar-refractivity contribution is 7.92. The zero-order valence-corrected chi connectivity index (χ0v) is 19.2. The van der Waals surface area contributed by atoms with Crippen molar-refractivity contribution in [1.82, 2.24) is 5.32 Å². The van der Waals surface area contributed by atoms with Crippen LogP contribution in [-0.4, -0.2) is 46.4 Å². The van der Waals surface area contributed by atoms with Crippen molar-refractivity contribution in [2.75, 3.05) is 30.3 Å². The van der Waals surface area contributed by atoms with Crippen molar-refractivity contribution in [3.63, 3.8) is 0 Å². The Bertz CT molecular complexity index is 1020. The lowest BCUT2D eigenvalue weighted by atomic mass is 9.79. The maximum atomic E-state index is 12.7. The Labute approximate surface area is 184 Å². The van der Waals surface area contributed by atoms with Gasteiger partial charge in [0.15, 0.2) is 11.5 Å². The fourth-order valence-corrected chi connectivity index (χ4v) is 4.71. The van der Waals surface area contributed by atoms with Gasteiger partial charge in [0.1, 0.15) is 19.8 Å². The van der Waals surface area contributed by atoms with Gasteiger partial charge < -0.3 is 14.8 Å². The number of sulfonamides is 1. The highest BCUT2D eigenvalue weighted by atomic mass is 32.2. The fraction of sp³-hybridized carbons (Fsp3) is 0.435. The van der Waals surface area contributed by atoms with Gasteiger partial charge in [0.05, 0.1) is 11.9 Å². The lowest BCUT2D eigenvalue weighted by molar-refractivity contribution is -0.120. The van der Waals surface area contributed by atoms with Crippen LogP contribution in [0.3, 0.4) is 0 Å². The summed E-state index contributed by atoms with van der Waals surface area (Å²) < 4.78 is 36.9. The van der Waals surface area contributed by atoms with E-state index >= 15 is 0 Å². The molecule has 0 bridgehead atoms. The van der Waals surface area contributed by atoms with E-state index in [1.165, 1.54) is 5.56 Å². The molecule has 1 aliphatic rings. The molecule has 168 valence electrons.